The van der Waals surface area contributed by atoms with Gasteiger partial charge in [-0.2, -0.15) is 0 Å². The van der Waals surface area contributed by atoms with Crippen LogP contribution in [0.1, 0.15) is 17.0 Å². The summed E-state index contributed by atoms with van der Waals surface area (Å²) in [7, 11) is 0. The van der Waals surface area contributed by atoms with Crippen LogP contribution >= 0.6 is 11.6 Å². The third-order valence-corrected chi connectivity index (χ3v) is 2.73. The van der Waals surface area contributed by atoms with Crippen molar-refractivity contribution >= 4 is 17.3 Å². The Labute approximate surface area is 108 Å². The third-order valence-electron chi connectivity index (χ3n) is 2.49. The van der Waals surface area contributed by atoms with Gasteiger partial charge in [-0.25, -0.2) is 9.89 Å². The topological polar surface area (TPSA) is 70.9 Å². The molecule has 0 bridgehead atoms. The largest absolute Gasteiger partial charge is 0.434 e. The highest BCUT2D eigenvalue weighted by molar-refractivity contribution is 6.30. The van der Waals surface area contributed by atoms with E-state index >= 15 is 0 Å². The molecule has 2 rings (SSSR count). The van der Waals surface area contributed by atoms with E-state index in [1.807, 2.05) is 25.1 Å². The van der Waals surface area contributed by atoms with Crippen molar-refractivity contribution in [3.8, 4) is 0 Å². The number of hydrogen-bond acceptors (Lipinski definition) is 4. The van der Waals surface area contributed by atoms with Crippen LogP contribution in [0.15, 0.2) is 34.0 Å². The number of aromatic nitrogens is 2. The Morgan fingerprint density at radius 2 is 2.39 bits per heavy atom. The maximum absolute atomic E-state index is 10.8. The van der Waals surface area contributed by atoms with E-state index in [0.29, 0.717) is 17.3 Å². The summed E-state index contributed by atoms with van der Waals surface area (Å²) in [6, 6.07) is 5.64. The van der Waals surface area contributed by atoms with Crippen LogP contribution in [-0.2, 0) is 6.54 Å². The minimum absolute atomic E-state index is 0.159. The quantitative estimate of drug-likeness (QED) is 0.888. The zero-order valence-electron chi connectivity index (χ0n) is 9.79. The molecule has 18 heavy (non-hydrogen) atoms. The fraction of sp³-hybridized carbons (Fsp3) is 0.167. The van der Waals surface area contributed by atoms with Gasteiger partial charge in [0, 0.05) is 11.6 Å². The van der Waals surface area contributed by atoms with Crippen molar-refractivity contribution in [2.75, 3.05) is 0 Å². The lowest BCUT2D eigenvalue weighted by molar-refractivity contribution is 0.495. The smallest absolute Gasteiger partial charge is 0.386 e. The van der Waals surface area contributed by atoms with E-state index in [9.17, 15) is 4.79 Å². The monoisotopic (exact) mass is 265 g/mol. The molecular formula is C12H12ClN3O2. The van der Waals surface area contributed by atoms with E-state index < -0.39 is 5.76 Å². The highest BCUT2D eigenvalue weighted by Crippen LogP contribution is 2.15. The van der Waals surface area contributed by atoms with Crippen molar-refractivity contribution in [3.63, 3.8) is 0 Å². The van der Waals surface area contributed by atoms with E-state index in [2.05, 4.69) is 22.1 Å². The lowest BCUT2D eigenvalue weighted by Gasteiger charge is -2.09. The molecule has 0 aliphatic heterocycles. The Morgan fingerprint density at radius 3 is 3.00 bits per heavy atom. The first-order chi connectivity index (χ1) is 8.56. The molecule has 0 atom stereocenters. The van der Waals surface area contributed by atoms with Gasteiger partial charge in [-0.1, -0.05) is 24.2 Å². The molecule has 0 unspecified atom stereocenters. The number of aryl methyl sites for hydroxylation is 1. The molecule has 1 heterocycles. The zero-order valence-corrected chi connectivity index (χ0v) is 10.5. The minimum Gasteiger partial charge on any atom is -0.386 e. The maximum Gasteiger partial charge on any atom is 0.434 e. The summed E-state index contributed by atoms with van der Waals surface area (Å²) in [5.41, 5.74) is 2.60. The Balaban J connectivity index is 2.03. The van der Waals surface area contributed by atoms with Gasteiger partial charge in [0.2, 0.25) is 0 Å². The molecule has 94 valence electrons. The van der Waals surface area contributed by atoms with Crippen LogP contribution in [0.5, 0.6) is 0 Å². The van der Waals surface area contributed by atoms with Crippen molar-refractivity contribution in [3.05, 3.63) is 57.4 Å². The number of nitrogens with one attached hydrogen (secondary N) is 2. The first kappa shape index (κ1) is 12.4. The number of benzene rings is 1. The Bertz CT molecular complexity index is 630. The van der Waals surface area contributed by atoms with Crippen LogP contribution in [-0.4, -0.2) is 10.2 Å². The second-order valence-electron chi connectivity index (χ2n) is 3.82. The van der Waals surface area contributed by atoms with Gasteiger partial charge in [-0.3, -0.25) is 0 Å². The molecule has 2 aromatic rings. The second kappa shape index (κ2) is 5.10. The van der Waals surface area contributed by atoms with Crippen LogP contribution in [0.3, 0.4) is 0 Å². The molecule has 0 saturated carbocycles. The van der Waals surface area contributed by atoms with Crippen molar-refractivity contribution in [1.82, 2.24) is 15.5 Å². The van der Waals surface area contributed by atoms with Gasteiger partial charge < -0.3 is 9.73 Å². The molecule has 1 aromatic heterocycles. The minimum atomic E-state index is -0.601. The summed E-state index contributed by atoms with van der Waals surface area (Å²) in [6.45, 7) is 6.27. The molecule has 5 nitrogen and oxygen atoms in total. The molecular weight excluding hydrogens is 254 g/mol. The standard InChI is InChI=1S/C12H12ClN3O2/c1-7-5-10(13)4-3-9(7)6-14-8(2)11-15-16-12(17)18-11/h3-5,14H,2,6H2,1H3,(H,16,17). The molecule has 0 saturated heterocycles. The van der Waals surface area contributed by atoms with Gasteiger partial charge in [-0.05, 0) is 30.2 Å². The van der Waals surface area contributed by atoms with E-state index in [0.717, 1.165) is 11.1 Å². The predicted molar refractivity (Wildman–Crippen MR) is 69.2 cm³/mol. The number of rotatable bonds is 4. The fourth-order valence-electron chi connectivity index (χ4n) is 1.49. The molecule has 6 heteroatoms. The lowest BCUT2D eigenvalue weighted by Crippen LogP contribution is -2.12. The normalized spacial score (nSPS) is 10.3. The Morgan fingerprint density at radius 1 is 1.61 bits per heavy atom. The number of nitrogens with zero attached hydrogens (tertiary/aromatic N) is 1. The van der Waals surface area contributed by atoms with Crippen LogP contribution in [0.4, 0.5) is 0 Å². The predicted octanol–water partition coefficient (Wildman–Crippen LogP) is 2.09. The first-order valence-corrected chi connectivity index (χ1v) is 5.68. The Kier molecular flexibility index (Phi) is 3.53. The lowest BCUT2D eigenvalue weighted by atomic mass is 10.1. The van der Waals surface area contributed by atoms with E-state index in [1.165, 1.54) is 0 Å². The SMILES string of the molecule is C=C(NCc1ccc(Cl)cc1C)c1n[nH]c(=O)o1. The van der Waals surface area contributed by atoms with Crippen LogP contribution < -0.4 is 11.1 Å². The summed E-state index contributed by atoms with van der Waals surface area (Å²) in [5, 5.41) is 9.59. The number of H-pyrrole nitrogens is 1. The van der Waals surface area contributed by atoms with Crippen LogP contribution in [0.2, 0.25) is 5.02 Å². The van der Waals surface area contributed by atoms with Gasteiger partial charge in [0.05, 0.1) is 5.70 Å². The van der Waals surface area contributed by atoms with Crippen molar-refractivity contribution in [1.29, 1.82) is 0 Å². The molecule has 0 aliphatic carbocycles. The molecule has 0 fully saturated rings. The maximum atomic E-state index is 10.8. The highest BCUT2D eigenvalue weighted by atomic mass is 35.5. The van der Waals surface area contributed by atoms with E-state index in [4.69, 9.17) is 16.0 Å². The summed E-state index contributed by atoms with van der Waals surface area (Å²) in [4.78, 5) is 10.8. The summed E-state index contributed by atoms with van der Waals surface area (Å²) in [5.74, 6) is -0.442. The van der Waals surface area contributed by atoms with Gasteiger partial charge in [0.25, 0.3) is 5.89 Å². The Hall–Kier alpha value is -2.01. The number of halogens is 1. The van der Waals surface area contributed by atoms with Gasteiger partial charge in [-0.15, -0.1) is 5.10 Å². The molecule has 0 amide bonds. The highest BCUT2D eigenvalue weighted by Gasteiger charge is 2.06. The number of hydrogen-bond donors (Lipinski definition) is 2. The van der Waals surface area contributed by atoms with Crippen LogP contribution in [0, 0.1) is 6.92 Å². The molecule has 0 aliphatic rings. The fourth-order valence-corrected chi connectivity index (χ4v) is 1.72. The molecule has 0 spiro atoms. The van der Waals surface area contributed by atoms with Crippen LogP contribution in [0.25, 0.3) is 5.70 Å². The van der Waals surface area contributed by atoms with Gasteiger partial charge in [0.1, 0.15) is 0 Å². The summed E-state index contributed by atoms with van der Waals surface area (Å²) in [6.07, 6.45) is 0. The molecule has 0 radical (unpaired) electrons. The molecule has 1 aromatic carbocycles. The first-order valence-electron chi connectivity index (χ1n) is 5.30. The summed E-state index contributed by atoms with van der Waals surface area (Å²) >= 11 is 5.88. The van der Waals surface area contributed by atoms with E-state index in [-0.39, 0.29) is 5.89 Å². The average molecular weight is 266 g/mol. The van der Waals surface area contributed by atoms with E-state index in [1.54, 1.807) is 0 Å². The van der Waals surface area contributed by atoms with Gasteiger partial charge in [0.15, 0.2) is 0 Å². The summed E-state index contributed by atoms with van der Waals surface area (Å²) < 4.78 is 4.78. The van der Waals surface area contributed by atoms with Crippen molar-refractivity contribution in [2.24, 2.45) is 0 Å². The zero-order chi connectivity index (χ0) is 13.1. The second-order valence-corrected chi connectivity index (χ2v) is 4.26. The average Bonchev–Trinajstić information content (AvgIpc) is 2.74. The van der Waals surface area contributed by atoms with Crippen molar-refractivity contribution < 1.29 is 4.42 Å². The van der Waals surface area contributed by atoms with Crippen molar-refractivity contribution in [2.45, 2.75) is 13.5 Å². The number of aromatic amines is 1. The molecule has 2 N–H and O–H groups in total. The van der Waals surface area contributed by atoms with Gasteiger partial charge >= 0.3 is 5.76 Å². The third kappa shape index (κ3) is 2.81.